The maximum absolute atomic E-state index is 12.1. The van der Waals surface area contributed by atoms with Crippen LogP contribution in [0.4, 0.5) is 5.69 Å². The van der Waals surface area contributed by atoms with Gasteiger partial charge in [-0.05, 0) is 58.3 Å². The number of amides is 1. The van der Waals surface area contributed by atoms with E-state index in [0.29, 0.717) is 6.42 Å². The van der Waals surface area contributed by atoms with Gasteiger partial charge in [-0.3, -0.25) is 4.79 Å². The number of carbonyl (C=O) groups excluding carboxylic acids is 1. The molecular formula is C20H25N3O. The third-order valence-corrected chi connectivity index (χ3v) is 4.38. The van der Waals surface area contributed by atoms with Crippen molar-refractivity contribution in [3.05, 3.63) is 42.5 Å². The SMILES string of the molecule is CCn1c2ccccc2c2cc(NC(=O)CCCN(C)C)ccc21. The number of nitrogens with one attached hydrogen (secondary N) is 1. The number of aryl methyl sites for hydroxylation is 1. The first-order chi connectivity index (χ1) is 11.6. The van der Waals surface area contributed by atoms with Gasteiger partial charge in [-0.15, -0.1) is 0 Å². The summed E-state index contributed by atoms with van der Waals surface area (Å²) in [6, 6.07) is 14.6. The minimum atomic E-state index is 0.0791. The molecular weight excluding hydrogens is 298 g/mol. The van der Waals surface area contributed by atoms with Crippen LogP contribution in [0, 0.1) is 0 Å². The molecule has 1 N–H and O–H groups in total. The average molecular weight is 323 g/mol. The highest BCUT2D eigenvalue weighted by Gasteiger charge is 2.10. The van der Waals surface area contributed by atoms with Crippen molar-refractivity contribution in [2.45, 2.75) is 26.3 Å². The van der Waals surface area contributed by atoms with Crippen molar-refractivity contribution in [3.8, 4) is 0 Å². The molecule has 1 aromatic heterocycles. The molecule has 0 saturated heterocycles. The maximum Gasteiger partial charge on any atom is 0.224 e. The largest absolute Gasteiger partial charge is 0.341 e. The Hall–Kier alpha value is -2.33. The van der Waals surface area contributed by atoms with E-state index in [-0.39, 0.29) is 5.91 Å². The average Bonchev–Trinajstić information content (AvgIpc) is 2.87. The van der Waals surface area contributed by atoms with Crippen LogP contribution in [0.3, 0.4) is 0 Å². The van der Waals surface area contributed by atoms with E-state index >= 15 is 0 Å². The second kappa shape index (κ2) is 7.05. The zero-order chi connectivity index (χ0) is 17.1. The van der Waals surface area contributed by atoms with Crippen molar-refractivity contribution in [3.63, 3.8) is 0 Å². The first-order valence-electron chi connectivity index (χ1n) is 8.55. The molecule has 4 nitrogen and oxygen atoms in total. The summed E-state index contributed by atoms with van der Waals surface area (Å²) < 4.78 is 2.31. The lowest BCUT2D eigenvalue weighted by atomic mass is 10.1. The van der Waals surface area contributed by atoms with Gasteiger partial charge in [0.15, 0.2) is 0 Å². The molecule has 0 radical (unpaired) electrons. The van der Waals surface area contributed by atoms with Crippen molar-refractivity contribution in [1.82, 2.24) is 9.47 Å². The van der Waals surface area contributed by atoms with Crippen molar-refractivity contribution >= 4 is 33.4 Å². The topological polar surface area (TPSA) is 37.3 Å². The van der Waals surface area contributed by atoms with Gasteiger partial charge in [-0.2, -0.15) is 0 Å². The molecule has 24 heavy (non-hydrogen) atoms. The summed E-state index contributed by atoms with van der Waals surface area (Å²) in [6.45, 7) is 4.02. The maximum atomic E-state index is 12.1. The van der Waals surface area contributed by atoms with Crippen molar-refractivity contribution < 1.29 is 4.79 Å². The van der Waals surface area contributed by atoms with Gasteiger partial charge in [-0.1, -0.05) is 18.2 Å². The fourth-order valence-corrected chi connectivity index (χ4v) is 3.25. The van der Waals surface area contributed by atoms with Crippen LogP contribution in [0.5, 0.6) is 0 Å². The molecule has 0 aliphatic rings. The predicted octanol–water partition coefficient (Wildman–Crippen LogP) is 4.09. The van der Waals surface area contributed by atoms with Gasteiger partial charge in [-0.25, -0.2) is 0 Å². The summed E-state index contributed by atoms with van der Waals surface area (Å²) in [6.07, 6.45) is 1.42. The van der Waals surface area contributed by atoms with E-state index in [1.165, 1.54) is 21.8 Å². The van der Waals surface area contributed by atoms with Gasteiger partial charge in [0, 0.05) is 40.5 Å². The number of benzene rings is 2. The van der Waals surface area contributed by atoms with E-state index in [2.05, 4.69) is 58.1 Å². The van der Waals surface area contributed by atoms with E-state index in [0.717, 1.165) is 25.2 Å². The highest BCUT2D eigenvalue weighted by Crippen LogP contribution is 2.30. The quantitative estimate of drug-likeness (QED) is 0.742. The van der Waals surface area contributed by atoms with Crippen LogP contribution >= 0.6 is 0 Å². The fourth-order valence-electron chi connectivity index (χ4n) is 3.25. The van der Waals surface area contributed by atoms with Crippen LogP contribution in [0.15, 0.2) is 42.5 Å². The summed E-state index contributed by atoms with van der Waals surface area (Å²) in [4.78, 5) is 14.2. The smallest absolute Gasteiger partial charge is 0.224 e. The van der Waals surface area contributed by atoms with Crippen molar-refractivity contribution in [2.24, 2.45) is 0 Å². The van der Waals surface area contributed by atoms with E-state index in [1.54, 1.807) is 0 Å². The fraction of sp³-hybridized carbons (Fsp3) is 0.350. The first kappa shape index (κ1) is 16.5. The van der Waals surface area contributed by atoms with Gasteiger partial charge in [0.1, 0.15) is 0 Å². The van der Waals surface area contributed by atoms with Crippen LogP contribution < -0.4 is 5.32 Å². The van der Waals surface area contributed by atoms with Crippen LogP contribution in [0.2, 0.25) is 0 Å². The Kier molecular flexibility index (Phi) is 4.86. The standard InChI is InChI=1S/C20H25N3O/c1-4-23-18-9-6-5-8-16(18)17-14-15(11-12-19(17)23)21-20(24)10-7-13-22(2)3/h5-6,8-9,11-12,14H,4,7,10,13H2,1-3H3,(H,21,24). The number of para-hydroxylation sites is 1. The lowest BCUT2D eigenvalue weighted by Crippen LogP contribution is -2.17. The molecule has 0 fully saturated rings. The molecule has 1 heterocycles. The minimum absolute atomic E-state index is 0.0791. The van der Waals surface area contributed by atoms with Gasteiger partial charge < -0.3 is 14.8 Å². The molecule has 0 aliphatic heterocycles. The Balaban J connectivity index is 1.86. The number of hydrogen-bond acceptors (Lipinski definition) is 2. The van der Waals surface area contributed by atoms with Gasteiger partial charge in [0.05, 0.1) is 0 Å². The number of rotatable bonds is 6. The van der Waals surface area contributed by atoms with E-state index in [1.807, 2.05) is 20.2 Å². The highest BCUT2D eigenvalue weighted by molar-refractivity contribution is 6.09. The number of anilines is 1. The number of fused-ring (bicyclic) bond motifs is 3. The number of nitrogens with zero attached hydrogens (tertiary/aromatic N) is 2. The van der Waals surface area contributed by atoms with Crippen molar-refractivity contribution in [2.75, 3.05) is 26.0 Å². The molecule has 126 valence electrons. The Morgan fingerprint density at radius 1 is 1.08 bits per heavy atom. The zero-order valence-electron chi connectivity index (χ0n) is 14.7. The summed E-state index contributed by atoms with van der Waals surface area (Å²) >= 11 is 0. The number of aromatic nitrogens is 1. The van der Waals surface area contributed by atoms with Gasteiger partial charge in [0.25, 0.3) is 0 Å². The number of hydrogen-bond donors (Lipinski definition) is 1. The van der Waals surface area contributed by atoms with E-state index in [4.69, 9.17) is 0 Å². The lowest BCUT2D eigenvalue weighted by molar-refractivity contribution is -0.116. The van der Waals surface area contributed by atoms with Crippen LogP contribution in [-0.4, -0.2) is 36.0 Å². The van der Waals surface area contributed by atoms with Crippen molar-refractivity contribution in [1.29, 1.82) is 0 Å². The zero-order valence-corrected chi connectivity index (χ0v) is 14.7. The summed E-state index contributed by atoms with van der Waals surface area (Å²) in [5.41, 5.74) is 3.32. The van der Waals surface area contributed by atoms with E-state index in [9.17, 15) is 4.79 Å². The predicted molar refractivity (Wildman–Crippen MR) is 102 cm³/mol. The first-order valence-corrected chi connectivity index (χ1v) is 8.55. The molecule has 3 aromatic rings. The second-order valence-corrected chi connectivity index (χ2v) is 6.45. The number of carbonyl (C=O) groups is 1. The molecule has 2 aromatic carbocycles. The molecule has 3 rings (SSSR count). The molecule has 0 bridgehead atoms. The third-order valence-electron chi connectivity index (χ3n) is 4.38. The molecule has 0 spiro atoms. The second-order valence-electron chi connectivity index (χ2n) is 6.45. The minimum Gasteiger partial charge on any atom is -0.341 e. The molecule has 0 aliphatic carbocycles. The molecule has 0 atom stereocenters. The van der Waals surface area contributed by atoms with Gasteiger partial charge >= 0.3 is 0 Å². The molecule has 0 saturated carbocycles. The molecule has 1 amide bonds. The van der Waals surface area contributed by atoms with Crippen LogP contribution in [0.1, 0.15) is 19.8 Å². The Morgan fingerprint density at radius 3 is 2.58 bits per heavy atom. The van der Waals surface area contributed by atoms with Crippen LogP contribution in [0.25, 0.3) is 21.8 Å². The summed E-state index contributed by atoms with van der Waals surface area (Å²) in [5, 5.41) is 5.46. The summed E-state index contributed by atoms with van der Waals surface area (Å²) in [5.74, 6) is 0.0791. The Morgan fingerprint density at radius 2 is 1.83 bits per heavy atom. The highest BCUT2D eigenvalue weighted by atomic mass is 16.1. The Labute approximate surface area is 143 Å². The lowest BCUT2D eigenvalue weighted by Gasteiger charge is -2.09. The third kappa shape index (κ3) is 3.29. The van der Waals surface area contributed by atoms with Crippen LogP contribution in [-0.2, 0) is 11.3 Å². The van der Waals surface area contributed by atoms with E-state index < -0.39 is 0 Å². The monoisotopic (exact) mass is 323 g/mol. The Bertz CT molecular complexity index is 864. The summed E-state index contributed by atoms with van der Waals surface area (Å²) in [7, 11) is 4.05. The molecule has 0 unspecified atom stereocenters. The normalized spacial score (nSPS) is 11.5. The molecule has 4 heteroatoms. The van der Waals surface area contributed by atoms with Gasteiger partial charge in [0.2, 0.25) is 5.91 Å².